The number of rotatable bonds is 2. The average Bonchev–Trinajstić information content (AvgIpc) is 2.67. The van der Waals surface area contributed by atoms with Crippen molar-refractivity contribution in [3.8, 4) is 0 Å². The molecule has 0 saturated carbocycles. The number of aliphatic imine (C=N–C) groups is 1. The largest absolute Gasteiger partial charge is 0.470 e. The van der Waals surface area contributed by atoms with E-state index in [1.165, 1.54) is 0 Å². The Kier molecular flexibility index (Phi) is 2.70. The minimum atomic E-state index is 0.00539. The van der Waals surface area contributed by atoms with Crippen molar-refractivity contribution < 1.29 is 4.74 Å². The smallest absolute Gasteiger partial charge is 0.198 e. The highest BCUT2D eigenvalue weighted by Crippen LogP contribution is 2.23. The maximum Gasteiger partial charge on any atom is 0.198 e. The van der Waals surface area contributed by atoms with Gasteiger partial charge in [0, 0.05) is 5.02 Å². The fraction of sp³-hybridized carbons (Fsp3) is 0.300. The molecule has 0 fully saturated rings. The molecule has 1 atom stereocenters. The number of halogens is 1. The van der Waals surface area contributed by atoms with Crippen LogP contribution in [0, 0.1) is 0 Å². The van der Waals surface area contributed by atoms with Crippen LogP contribution in [0.2, 0.25) is 5.02 Å². The van der Waals surface area contributed by atoms with E-state index in [0.717, 1.165) is 10.6 Å². The van der Waals surface area contributed by atoms with E-state index in [1.807, 2.05) is 24.3 Å². The highest BCUT2D eigenvalue weighted by Gasteiger charge is 2.19. The normalized spacial score (nSPS) is 20.4. The minimum Gasteiger partial charge on any atom is -0.470 e. The van der Waals surface area contributed by atoms with Crippen molar-refractivity contribution in [2.24, 2.45) is 10.7 Å². The number of nitrogens with zero attached hydrogens (tertiary/aromatic N) is 1. The molecule has 1 aromatic carbocycles. The van der Waals surface area contributed by atoms with Crippen LogP contribution >= 0.6 is 11.6 Å². The number of ether oxygens (including phenoxy) is 1. The van der Waals surface area contributed by atoms with E-state index in [4.69, 9.17) is 22.1 Å². The Morgan fingerprint density at radius 1 is 1.43 bits per heavy atom. The molecule has 1 heterocycles. The summed E-state index contributed by atoms with van der Waals surface area (Å²) in [6, 6.07) is 7.59. The van der Waals surface area contributed by atoms with Crippen LogP contribution in [0.4, 0.5) is 0 Å². The third-order valence-corrected chi connectivity index (χ3v) is 2.38. The molecular formula is C10H11ClN2O. The first kappa shape index (κ1) is 9.49. The van der Waals surface area contributed by atoms with Gasteiger partial charge in [0.05, 0.1) is 13.1 Å². The Morgan fingerprint density at radius 2 is 2.14 bits per heavy atom. The fourth-order valence-electron chi connectivity index (χ4n) is 1.39. The second kappa shape index (κ2) is 3.98. The summed E-state index contributed by atoms with van der Waals surface area (Å²) in [6.07, 6.45) is 0.00539. The predicted molar refractivity (Wildman–Crippen MR) is 56.6 cm³/mol. The molecular weight excluding hydrogens is 200 g/mol. The van der Waals surface area contributed by atoms with Crippen molar-refractivity contribution in [2.45, 2.75) is 6.10 Å². The summed E-state index contributed by atoms with van der Waals surface area (Å²) < 4.78 is 5.52. The molecule has 0 spiro atoms. The first-order valence-corrected chi connectivity index (χ1v) is 4.83. The third kappa shape index (κ3) is 1.89. The van der Waals surface area contributed by atoms with Gasteiger partial charge in [-0.2, -0.15) is 0 Å². The maximum atomic E-state index is 5.78. The summed E-state index contributed by atoms with van der Waals surface area (Å²) in [5, 5.41) is 0.728. The first-order valence-electron chi connectivity index (χ1n) is 4.45. The molecule has 14 heavy (non-hydrogen) atoms. The van der Waals surface area contributed by atoms with Crippen LogP contribution in [0.25, 0.3) is 0 Å². The lowest BCUT2D eigenvalue weighted by Gasteiger charge is -2.10. The van der Waals surface area contributed by atoms with Crippen LogP contribution in [-0.2, 0) is 4.74 Å². The summed E-state index contributed by atoms with van der Waals surface area (Å²) >= 11 is 5.78. The van der Waals surface area contributed by atoms with Crippen molar-refractivity contribution in [1.82, 2.24) is 0 Å². The predicted octanol–water partition coefficient (Wildman–Crippen LogP) is 1.77. The van der Waals surface area contributed by atoms with Gasteiger partial charge < -0.3 is 10.5 Å². The standard InChI is InChI=1S/C10H11ClN2O/c11-8-3-1-7(2-4-8)9-6-13-10(5-12)14-9/h1-4,9H,5-6,12H2. The van der Waals surface area contributed by atoms with Gasteiger partial charge >= 0.3 is 0 Å². The lowest BCUT2D eigenvalue weighted by atomic mass is 10.1. The average molecular weight is 211 g/mol. The molecule has 0 bridgehead atoms. The minimum absolute atomic E-state index is 0.00539. The van der Waals surface area contributed by atoms with Crippen LogP contribution in [0.1, 0.15) is 11.7 Å². The highest BCUT2D eigenvalue weighted by molar-refractivity contribution is 6.30. The van der Waals surface area contributed by atoms with Gasteiger partial charge in [0.1, 0.15) is 6.10 Å². The number of hydrogen-bond acceptors (Lipinski definition) is 3. The molecule has 0 aliphatic carbocycles. The fourth-order valence-corrected chi connectivity index (χ4v) is 1.51. The van der Waals surface area contributed by atoms with Crippen LogP contribution < -0.4 is 5.73 Å². The molecule has 0 aromatic heterocycles. The van der Waals surface area contributed by atoms with E-state index in [1.54, 1.807) is 0 Å². The molecule has 3 nitrogen and oxygen atoms in total. The zero-order valence-corrected chi connectivity index (χ0v) is 8.37. The van der Waals surface area contributed by atoms with Crippen LogP contribution in [0.15, 0.2) is 29.3 Å². The summed E-state index contributed by atoms with van der Waals surface area (Å²) in [5.74, 6) is 0.630. The van der Waals surface area contributed by atoms with Gasteiger partial charge in [0.25, 0.3) is 0 Å². The Balaban J connectivity index is 2.08. The van der Waals surface area contributed by atoms with E-state index in [-0.39, 0.29) is 6.10 Å². The molecule has 4 heteroatoms. The Morgan fingerprint density at radius 3 is 2.71 bits per heavy atom. The van der Waals surface area contributed by atoms with E-state index in [0.29, 0.717) is 19.0 Å². The first-order chi connectivity index (χ1) is 6.79. The van der Waals surface area contributed by atoms with Gasteiger partial charge in [0.2, 0.25) is 0 Å². The second-order valence-corrected chi connectivity index (χ2v) is 3.53. The van der Waals surface area contributed by atoms with Gasteiger partial charge in [-0.1, -0.05) is 23.7 Å². The van der Waals surface area contributed by atoms with E-state index < -0.39 is 0 Å². The maximum absolute atomic E-state index is 5.78. The zero-order valence-electron chi connectivity index (χ0n) is 7.61. The third-order valence-electron chi connectivity index (χ3n) is 2.13. The van der Waals surface area contributed by atoms with E-state index >= 15 is 0 Å². The summed E-state index contributed by atoms with van der Waals surface area (Å²) in [5.41, 5.74) is 6.51. The molecule has 1 aliphatic rings. The molecule has 0 amide bonds. The van der Waals surface area contributed by atoms with Crippen molar-refractivity contribution in [1.29, 1.82) is 0 Å². The zero-order chi connectivity index (χ0) is 9.97. The molecule has 2 N–H and O–H groups in total. The molecule has 2 rings (SSSR count). The van der Waals surface area contributed by atoms with E-state index in [9.17, 15) is 0 Å². The molecule has 1 aliphatic heterocycles. The Hall–Kier alpha value is -1.06. The van der Waals surface area contributed by atoms with Gasteiger partial charge in [0.15, 0.2) is 5.90 Å². The summed E-state index contributed by atoms with van der Waals surface area (Å²) in [6.45, 7) is 1.01. The van der Waals surface area contributed by atoms with Crippen LogP contribution in [-0.4, -0.2) is 19.0 Å². The second-order valence-electron chi connectivity index (χ2n) is 3.10. The monoisotopic (exact) mass is 210 g/mol. The SMILES string of the molecule is NCC1=NCC(c2ccc(Cl)cc2)O1. The van der Waals surface area contributed by atoms with Crippen molar-refractivity contribution in [3.05, 3.63) is 34.9 Å². The van der Waals surface area contributed by atoms with Crippen LogP contribution in [0.5, 0.6) is 0 Å². The van der Waals surface area contributed by atoms with Crippen molar-refractivity contribution in [2.75, 3.05) is 13.1 Å². The van der Waals surface area contributed by atoms with Gasteiger partial charge in [-0.25, -0.2) is 0 Å². The summed E-state index contributed by atoms with van der Waals surface area (Å²) in [7, 11) is 0. The highest BCUT2D eigenvalue weighted by atomic mass is 35.5. The van der Waals surface area contributed by atoms with Crippen LogP contribution in [0.3, 0.4) is 0 Å². The molecule has 1 aromatic rings. The number of hydrogen-bond donors (Lipinski definition) is 1. The Bertz CT molecular complexity index is 348. The van der Waals surface area contributed by atoms with Gasteiger partial charge in [-0.3, -0.25) is 4.99 Å². The molecule has 0 saturated heterocycles. The number of benzene rings is 1. The number of nitrogens with two attached hydrogens (primary N) is 1. The van der Waals surface area contributed by atoms with Gasteiger partial charge in [-0.15, -0.1) is 0 Å². The van der Waals surface area contributed by atoms with Crippen molar-refractivity contribution >= 4 is 17.5 Å². The quantitative estimate of drug-likeness (QED) is 0.809. The topological polar surface area (TPSA) is 47.6 Å². The Labute approximate surface area is 87.5 Å². The van der Waals surface area contributed by atoms with E-state index in [2.05, 4.69) is 4.99 Å². The van der Waals surface area contributed by atoms with Gasteiger partial charge in [-0.05, 0) is 17.7 Å². The lowest BCUT2D eigenvalue weighted by molar-refractivity contribution is 0.226. The van der Waals surface area contributed by atoms with Crippen molar-refractivity contribution in [3.63, 3.8) is 0 Å². The molecule has 74 valence electrons. The molecule has 0 radical (unpaired) electrons. The summed E-state index contributed by atoms with van der Waals surface area (Å²) in [4.78, 5) is 4.17. The lowest BCUT2D eigenvalue weighted by Crippen LogP contribution is -2.14. The molecule has 1 unspecified atom stereocenters.